The zero-order valence-electron chi connectivity index (χ0n) is 11.8. The fourth-order valence-electron chi connectivity index (χ4n) is 1.89. The van der Waals surface area contributed by atoms with Gasteiger partial charge in [0.15, 0.2) is 0 Å². The number of hydrogen-bond donors (Lipinski definition) is 1. The minimum atomic E-state index is -0.317. The number of benzene rings is 1. The molecule has 2 rings (SSSR count). The molecule has 0 saturated carbocycles. The highest BCUT2D eigenvalue weighted by atomic mass is 19.1. The van der Waals surface area contributed by atoms with Gasteiger partial charge in [-0.3, -0.25) is 4.98 Å². The molecule has 1 aromatic heterocycles. The van der Waals surface area contributed by atoms with Gasteiger partial charge in [-0.15, -0.1) is 0 Å². The van der Waals surface area contributed by atoms with Crippen LogP contribution in [0.5, 0.6) is 11.5 Å². The summed E-state index contributed by atoms with van der Waals surface area (Å²) >= 11 is 0. The van der Waals surface area contributed by atoms with Gasteiger partial charge in [-0.25, -0.2) is 4.39 Å². The van der Waals surface area contributed by atoms with Crippen LogP contribution in [0.1, 0.15) is 24.5 Å². The van der Waals surface area contributed by atoms with Crippen molar-refractivity contribution in [2.45, 2.75) is 32.7 Å². The van der Waals surface area contributed by atoms with E-state index in [9.17, 15) is 4.39 Å². The van der Waals surface area contributed by atoms with E-state index >= 15 is 0 Å². The van der Waals surface area contributed by atoms with Crippen LogP contribution in [-0.4, -0.2) is 11.0 Å². The molecule has 2 aromatic rings. The highest BCUT2D eigenvalue weighted by molar-refractivity contribution is 5.37. The van der Waals surface area contributed by atoms with E-state index in [0.717, 1.165) is 24.0 Å². The summed E-state index contributed by atoms with van der Waals surface area (Å²) in [5, 5.41) is 0. The summed E-state index contributed by atoms with van der Waals surface area (Å²) in [7, 11) is 0. The van der Waals surface area contributed by atoms with Crippen LogP contribution in [0.3, 0.4) is 0 Å². The molecule has 0 bridgehead atoms. The summed E-state index contributed by atoms with van der Waals surface area (Å²) in [6.45, 7) is 3.92. The zero-order valence-corrected chi connectivity index (χ0v) is 11.8. The Labute approximate surface area is 118 Å². The van der Waals surface area contributed by atoms with Crippen LogP contribution in [0.2, 0.25) is 0 Å². The van der Waals surface area contributed by atoms with Crippen LogP contribution >= 0.6 is 0 Å². The van der Waals surface area contributed by atoms with Crippen LogP contribution in [0.25, 0.3) is 0 Å². The molecule has 0 radical (unpaired) electrons. The van der Waals surface area contributed by atoms with Gasteiger partial charge in [-0.05, 0) is 43.0 Å². The standard InChI is InChI=1S/C16H19FN2O/c1-3-14(18)6-12-7-15(10-19-9-12)20-16-8-13(17)5-4-11(16)2/h4-5,7-10,14H,3,6,18H2,1-2H3. The topological polar surface area (TPSA) is 48.1 Å². The molecule has 0 amide bonds. The van der Waals surface area contributed by atoms with E-state index in [1.165, 1.54) is 12.1 Å². The second-order valence-electron chi connectivity index (χ2n) is 4.91. The van der Waals surface area contributed by atoms with Crippen LogP contribution in [0, 0.1) is 12.7 Å². The molecular weight excluding hydrogens is 255 g/mol. The third-order valence-corrected chi connectivity index (χ3v) is 3.17. The van der Waals surface area contributed by atoms with Gasteiger partial charge in [0, 0.05) is 18.3 Å². The van der Waals surface area contributed by atoms with Gasteiger partial charge >= 0.3 is 0 Å². The van der Waals surface area contributed by atoms with Crippen molar-refractivity contribution in [1.82, 2.24) is 4.98 Å². The Hall–Kier alpha value is -1.94. The number of hydrogen-bond acceptors (Lipinski definition) is 3. The average Bonchev–Trinajstić information content (AvgIpc) is 2.43. The quantitative estimate of drug-likeness (QED) is 0.906. The lowest BCUT2D eigenvalue weighted by atomic mass is 10.1. The number of pyridine rings is 1. The first-order valence-corrected chi connectivity index (χ1v) is 6.72. The van der Waals surface area contributed by atoms with Crippen molar-refractivity contribution >= 4 is 0 Å². The fourth-order valence-corrected chi connectivity index (χ4v) is 1.89. The Morgan fingerprint density at radius 2 is 2.10 bits per heavy atom. The van der Waals surface area contributed by atoms with Crippen LogP contribution in [-0.2, 0) is 6.42 Å². The third-order valence-electron chi connectivity index (χ3n) is 3.17. The summed E-state index contributed by atoms with van der Waals surface area (Å²) < 4.78 is 18.9. The average molecular weight is 274 g/mol. The number of nitrogens with zero attached hydrogens (tertiary/aromatic N) is 1. The van der Waals surface area contributed by atoms with E-state index in [-0.39, 0.29) is 11.9 Å². The smallest absolute Gasteiger partial charge is 0.145 e. The Balaban J connectivity index is 2.17. The Morgan fingerprint density at radius 3 is 2.85 bits per heavy atom. The molecular formula is C16H19FN2O. The number of halogens is 1. The maximum Gasteiger partial charge on any atom is 0.145 e. The van der Waals surface area contributed by atoms with E-state index in [2.05, 4.69) is 11.9 Å². The first kappa shape index (κ1) is 14.5. The second-order valence-corrected chi connectivity index (χ2v) is 4.91. The number of ether oxygens (including phenoxy) is 1. The predicted molar refractivity (Wildman–Crippen MR) is 77.4 cm³/mol. The minimum absolute atomic E-state index is 0.114. The molecule has 0 aliphatic carbocycles. The summed E-state index contributed by atoms with van der Waals surface area (Å²) in [6.07, 6.45) is 5.06. The fraction of sp³-hybridized carbons (Fsp3) is 0.312. The number of rotatable bonds is 5. The maximum atomic E-state index is 13.2. The van der Waals surface area contributed by atoms with Crippen LogP contribution < -0.4 is 10.5 Å². The molecule has 1 aromatic carbocycles. The van der Waals surface area contributed by atoms with Gasteiger partial charge in [-0.1, -0.05) is 13.0 Å². The third kappa shape index (κ3) is 3.78. The predicted octanol–water partition coefficient (Wildman–Crippen LogP) is 3.60. The summed E-state index contributed by atoms with van der Waals surface area (Å²) in [5.41, 5.74) is 7.83. The molecule has 2 N–H and O–H groups in total. The highest BCUT2D eigenvalue weighted by Gasteiger charge is 2.06. The van der Waals surface area contributed by atoms with E-state index in [1.807, 2.05) is 13.0 Å². The Morgan fingerprint density at radius 1 is 1.30 bits per heavy atom. The molecule has 0 saturated heterocycles. The van der Waals surface area contributed by atoms with Crippen molar-refractivity contribution in [2.24, 2.45) is 5.73 Å². The molecule has 0 fully saturated rings. The lowest BCUT2D eigenvalue weighted by molar-refractivity contribution is 0.469. The van der Waals surface area contributed by atoms with Crippen molar-refractivity contribution in [2.75, 3.05) is 0 Å². The molecule has 3 nitrogen and oxygen atoms in total. The lowest BCUT2D eigenvalue weighted by Crippen LogP contribution is -2.21. The van der Waals surface area contributed by atoms with Gasteiger partial charge in [0.1, 0.15) is 17.3 Å². The molecule has 0 aliphatic rings. The minimum Gasteiger partial charge on any atom is -0.455 e. The van der Waals surface area contributed by atoms with Crippen LogP contribution in [0.15, 0.2) is 36.7 Å². The van der Waals surface area contributed by atoms with Gasteiger partial charge in [0.05, 0.1) is 6.20 Å². The van der Waals surface area contributed by atoms with E-state index in [4.69, 9.17) is 10.5 Å². The number of aryl methyl sites for hydroxylation is 1. The lowest BCUT2D eigenvalue weighted by Gasteiger charge is -2.11. The number of nitrogens with two attached hydrogens (primary N) is 1. The molecule has 20 heavy (non-hydrogen) atoms. The number of aromatic nitrogens is 1. The van der Waals surface area contributed by atoms with E-state index < -0.39 is 0 Å². The zero-order chi connectivity index (χ0) is 14.5. The van der Waals surface area contributed by atoms with Gasteiger partial charge in [0.2, 0.25) is 0 Å². The molecule has 1 unspecified atom stereocenters. The van der Waals surface area contributed by atoms with Crippen molar-refractivity contribution in [3.63, 3.8) is 0 Å². The van der Waals surface area contributed by atoms with Gasteiger partial charge in [0.25, 0.3) is 0 Å². The first-order valence-electron chi connectivity index (χ1n) is 6.72. The molecule has 0 aliphatic heterocycles. The molecule has 4 heteroatoms. The molecule has 0 spiro atoms. The largest absolute Gasteiger partial charge is 0.455 e. The van der Waals surface area contributed by atoms with Crippen molar-refractivity contribution in [3.05, 3.63) is 53.6 Å². The van der Waals surface area contributed by atoms with Gasteiger partial charge < -0.3 is 10.5 Å². The Kier molecular flexibility index (Phi) is 4.69. The molecule has 106 valence electrons. The molecule has 1 heterocycles. The summed E-state index contributed by atoms with van der Waals surface area (Å²) in [6, 6.07) is 6.49. The van der Waals surface area contributed by atoms with Crippen molar-refractivity contribution < 1.29 is 9.13 Å². The van der Waals surface area contributed by atoms with Gasteiger partial charge in [-0.2, -0.15) is 0 Å². The molecule has 1 atom stereocenters. The monoisotopic (exact) mass is 274 g/mol. The van der Waals surface area contributed by atoms with E-state index in [0.29, 0.717) is 11.5 Å². The van der Waals surface area contributed by atoms with E-state index in [1.54, 1.807) is 18.5 Å². The van der Waals surface area contributed by atoms with Crippen LogP contribution in [0.4, 0.5) is 4.39 Å². The SMILES string of the molecule is CCC(N)Cc1cncc(Oc2cc(F)ccc2C)c1. The van der Waals surface area contributed by atoms with Crippen molar-refractivity contribution in [1.29, 1.82) is 0 Å². The normalized spacial score (nSPS) is 12.2. The summed E-state index contributed by atoms with van der Waals surface area (Å²) in [5.74, 6) is 0.783. The first-order chi connectivity index (χ1) is 9.58. The van der Waals surface area contributed by atoms with Crippen molar-refractivity contribution in [3.8, 4) is 11.5 Å². The maximum absolute atomic E-state index is 13.2. The Bertz CT molecular complexity index is 586. The highest BCUT2D eigenvalue weighted by Crippen LogP contribution is 2.26. The second kappa shape index (κ2) is 6.48. The summed E-state index contributed by atoms with van der Waals surface area (Å²) in [4.78, 5) is 4.15.